The fraction of sp³-hybridized carbons (Fsp3) is 0.625. The van der Waals surface area contributed by atoms with E-state index in [4.69, 9.17) is 9.47 Å². The maximum Gasteiger partial charge on any atom is 0.257 e. The van der Waals surface area contributed by atoms with Crippen LogP contribution in [-0.2, 0) is 14.3 Å². The zero-order chi connectivity index (χ0) is 23.4. The van der Waals surface area contributed by atoms with E-state index in [9.17, 15) is 14.4 Å². The average Bonchev–Trinajstić information content (AvgIpc) is 3.63. The number of amides is 3. The van der Waals surface area contributed by atoms with Gasteiger partial charge in [-0.25, -0.2) is 0 Å². The molecule has 3 rings (SSSR count). The molecule has 32 heavy (non-hydrogen) atoms. The van der Waals surface area contributed by atoms with Gasteiger partial charge in [0.05, 0.1) is 17.7 Å². The lowest BCUT2D eigenvalue weighted by atomic mass is 10.0. The molecule has 1 aliphatic carbocycles. The average molecular weight is 446 g/mol. The van der Waals surface area contributed by atoms with Crippen molar-refractivity contribution in [3.8, 4) is 5.75 Å². The summed E-state index contributed by atoms with van der Waals surface area (Å²) in [5, 5.41) is 2.81. The molecular formula is C24H35N3O5. The first-order chi connectivity index (χ1) is 15.2. The number of anilines is 1. The number of ether oxygens (including phenoxy) is 2. The lowest BCUT2D eigenvalue weighted by Gasteiger charge is -2.36. The molecule has 176 valence electrons. The minimum Gasteiger partial charge on any atom is -0.491 e. The summed E-state index contributed by atoms with van der Waals surface area (Å²) in [5.41, 5.74) is 0.984. The second kappa shape index (κ2) is 10.3. The highest BCUT2D eigenvalue weighted by molar-refractivity contribution is 5.98. The van der Waals surface area contributed by atoms with Crippen LogP contribution in [0, 0.1) is 11.8 Å². The molecule has 8 heteroatoms. The summed E-state index contributed by atoms with van der Waals surface area (Å²) in [4.78, 5) is 41.6. The van der Waals surface area contributed by atoms with E-state index in [1.165, 1.54) is 0 Å². The Morgan fingerprint density at radius 2 is 1.94 bits per heavy atom. The second-order valence-corrected chi connectivity index (χ2v) is 8.97. The molecule has 1 aromatic rings. The number of benzene rings is 1. The predicted molar refractivity (Wildman–Crippen MR) is 122 cm³/mol. The lowest BCUT2D eigenvalue weighted by Crippen LogP contribution is -2.49. The predicted octanol–water partition coefficient (Wildman–Crippen LogP) is 2.78. The van der Waals surface area contributed by atoms with E-state index in [2.05, 4.69) is 12.2 Å². The van der Waals surface area contributed by atoms with Crippen molar-refractivity contribution in [3.63, 3.8) is 0 Å². The first kappa shape index (κ1) is 24.0. The Bertz CT molecular complexity index is 854. The Morgan fingerprint density at radius 3 is 2.56 bits per heavy atom. The Balaban J connectivity index is 1.94. The van der Waals surface area contributed by atoms with Crippen LogP contribution < -0.4 is 10.1 Å². The first-order valence-corrected chi connectivity index (χ1v) is 11.4. The fourth-order valence-electron chi connectivity index (χ4n) is 3.97. The topological polar surface area (TPSA) is 88.2 Å². The third-order valence-corrected chi connectivity index (χ3v) is 6.26. The largest absolute Gasteiger partial charge is 0.491 e. The van der Waals surface area contributed by atoms with Gasteiger partial charge in [0.2, 0.25) is 11.8 Å². The summed E-state index contributed by atoms with van der Waals surface area (Å²) in [6.07, 6.45) is 2.01. The van der Waals surface area contributed by atoms with Gasteiger partial charge in [-0.2, -0.15) is 0 Å². The Morgan fingerprint density at radius 1 is 1.22 bits per heavy atom. The molecular weight excluding hydrogens is 410 g/mol. The molecule has 0 radical (unpaired) electrons. The van der Waals surface area contributed by atoms with Gasteiger partial charge < -0.3 is 24.6 Å². The number of hydrogen-bond acceptors (Lipinski definition) is 5. The van der Waals surface area contributed by atoms with Gasteiger partial charge in [-0.1, -0.05) is 13.8 Å². The van der Waals surface area contributed by atoms with Gasteiger partial charge in [0.1, 0.15) is 12.4 Å². The van der Waals surface area contributed by atoms with Crippen molar-refractivity contribution >= 4 is 23.4 Å². The molecule has 0 spiro atoms. The zero-order valence-corrected chi connectivity index (χ0v) is 19.7. The molecule has 3 amide bonds. The number of likely N-dealkylation sites (N-methyl/N-ethyl adjacent to an activating group) is 1. The van der Waals surface area contributed by atoms with Crippen LogP contribution >= 0.6 is 0 Å². The van der Waals surface area contributed by atoms with Crippen LogP contribution in [0.1, 0.15) is 50.4 Å². The summed E-state index contributed by atoms with van der Waals surface area (Å²) < 4.78 is 11.8. The normalized spacial score (nSPS) is 24.7. The van der Waals surface area contributed by atoms with Crippen molar-refractivity contribution in [2.45, 2.75) is 52.2 Å². The smallest absolute Gasteiger partial charge is 0.257 e. The molecule has 1 saturated carbocycles. The molecule has 3 atom stereocenters. The molecule has 1 fully saturated rings. The molecule has 1 aromatic carbocycles. The number of nitrogens with one attached hydrogen (secondary N) is 1. The van der Waals surface area contributed by atoms with Crippen molar-refractivity contribution in [3.05, 3.63) is 23.8 Å². The van der Waals surface area contributed by atoms with Crippen LogP contribution in [0.25, 0.3) is 0 Å². The number of rotatable bonds is 4. The van der Waals surface area contributed by atoms with Crippen LogP contribution in [0.2, 0.25) is 0 Å². The third-order valence-electron chi connectivity index (χ3n) is 6.26. The van der Waals surface area contributed by atoms with E-state index in [-0.39, 0.29) is 48.3 Å². The number of carbonyl (C=O) groups excluding carboxylic acids is 3. The van der Waals surface area contributed by atoms with E-state index in [0.717, 1.165) is 12.8 Å². The van der Waals surface area contributed by atoms with E-state index in [1.807, 2.05) is 11.8 Å². The van der Waals surface area contributed by atoms with Crippen molar-refractivity contribution < 1.29 is 23.9 Å². The summed E-state index contributed by atoms with van der Waals surface area (Å²) in [7, 11) is 3.38. The summed E-state index contributed by atoms with van der Waals surface area (Å²) >= 11 is 0. The van der Waals surface area contributed by atoms with E-state index >= 15 is 0 Å². The Kier molecular flexibility index (Phi) is 7.77. The molecule has 0 aromatic heterocycles. The van der Waals surface area contributed by atoms with Gasteiger partial charge in [-0.15, -0.1) is 0 Å². The fourth-order valence-corrected chi connectivity index (χ4v) is 3.97. The quantitative estimate of drug-likeness (QED) is 0.770. The first-order valence-electron chi connectivity index (χ1n) is 11.4. The molecule has 8 nitrogen and oxygen atoms in total. The van der Waals surface area contributed by atoms with Gasteiger partial charge in [0.25, 0.3) is 5.91 Å². The summed E-state index contributed by atoms with van der Waals surface area (Å²) in [6.45, 7) is 6.98. The number of fused-ring (bicyclic) bond motifs is 1. The van der Waals surface area contributed by atoms with Crippen LogP contribution in [0.5, 0.6) is 5.75 Å². The molecule has 0 unspecified atom stereocenters. The lowest BCUT2D eigenvalue weighted by molar-refractivity contribution is -0.136. The third kappa shape index (κ3) is 5.59. The molecule has 1 heterocycles. The van der Waals surface area contributed by atoms with Crippen molar-refractivity contribution in [2.24, 2.45) is 11.8 Å². The maximum absolute atomic E-state index is 13.2. The van der Waals surface area contributed by atoms with E-state index in [0.29, 0.717) is 36.5 Å². The number of carbonyl (C=O) groups is 3. The van der Waals surface area contributed by atoms with Crippen LogP contribution in [0.3, 0.4) is 0 Å². The highest BCUT2D eigenvalue weighted by atomic mass is 16.5. The number of methoxy groups -OCH3 is 1. The zero-order valence-electron chi connectivity index (χ0n) is 19.7. The van der Waals surface area contributed by atoms with E-state index in [1.54, 1.807) is 44.2 Å². The second-order valence-electron chi connectivity index (χ2n) is 8.97. The van der Waals surface area contributed by atoms with Crippen LogP contribution in [0.4, 0.5) is 5.69 Å². The monoisotopic (exact) mass is 445 g/mol. The highest BCUT2D eigenvalue weighted by Crippen LogP contribution is 2.33. The molecule has 2 aliphatic rings. The van der Waals surface area contributed by atoms with Crippen molar-refractivity contribution in [2.75, 3.05) is 39.2 Å². The van der Waals surface area contributed by atoms with Gasteiger partial charge in [0.15, 0.2) is 0 Å². The SMILES string of the molecule is CCC(=O)Nc1ccc2c(c1)OC[C@H](C)N(C(=O)C1CC1)C[C@H](C)[C@H](OC)CN(C)C2=O. The van der Waals surface area contributed by atoms with E-state index < -0.39 is 0 Å². The molecule has 1 aliphatic heterocycles. The Hall–Kier alpha value is -2.61. The standard InChI is InChI=1S/C24H35N3O5/c1-6-22(28)25-18-9-10-19-20(11-18)32-14-16(3)27(23(29)17-7-8-17)12-15(2)21(31-5)13-26(4)24(19)30/h9-11,15-17,21H,6-8,12-14H2,1-5H3,(H,25,28)/t15-,16-,21+/m0/s1. The molecule has 0 bridgehead atoms. The maximum atomic E-state index is 13.2. The summed E-state index contributed by atoms with van der Waals surface area (Å²) in [5.74, 6) is 0.407. The van der Waals surface area contributed by atoms with Gasteiger partial charge >= 0.3 is 0 Å². The van der Waals surface area contributed by atoms with Crippen molar-refractivity contribution in [1.29, 1.82) is 0 Å². The van der Waals surface area contributed by atoms with Gasteiger partial charge in [0, 0.05) is 57.3 Å². The van der Waals surface area contributed by atoms with Crippen LogP contribution in [-0.4, -0.2) is 73.5 Å². The van der Waals surface area contributed by atoms with Crippen LogP contribution in [0.15, 0.2) is 18.2 Å². The molecule has 0 saturated heterocycles. The Labute approximate surface area is 190 Å². The summed E-state index contributed by atoms with van der Waals surface area (Å²) in [6, 6.07) is 4.89. The number of nitrogens with zero attached hydrogens (tertiary/aromatic N) is 2. The number of hydrogen-bond donors (Lipinski definition) is 1. The minimum atomic E-state index is -0.211. The minimum absolute atomic E-state index is 0.0472. The van der Waals surface area contributed by atoms with Gasteiger partial charge in [-0.3, -0.25) is 14.4 Å². The highest BCUT2D eigenvalue weighted by Gasteiger charge is 2.37. The van der Waals surface area contributed by atoms with Gasteiger partial charge in [-0.05, 0) is 31.9 Å². The van der Waals surface area contributed by atoms with Crippen molar-refractivity contribution in [1.82, 2.24) is 9.80 Å². The molecule has 1 N–H and O–H groups in total.